The number of nitrogens with one attached hydrogen (secondary N) is 1. The molecule has 0 aliphatic carbocycles. The molecule has 0 unspecified atom stereocenters. The average molecular weight is 286 g/mol. The lowest BCUT2D eigenvalue weighted by molar-refractivity contribution is 0.379. The summed E-state index contributed by atoms with van der Waals surface area (Å²) in [6.45, 7) is 2.10. The number of aromatic amines is 1. The van der Waals surface area contributed by atoms with Crippen molar-refractivity contribution in [1.29, 1.82) is 5.26 Å². The summed E-state index contributed by atoms with van der Waals surface area (Å²) in [6.07, 6.45) is 1.86. The molecule has 5 nitrogen and oxygen atoms in total. The van der Waals surface area contributed by atoms with Gasteiger partial charge in [0.25, 0.3) is 0 Å². The largest absolute Gasteiger partial charge is 0.420 e. The van der Waals surface area contributed by atoms with Gasteiger partial charge in [-0.25, -0.2) is 0 Å². The molecule has 2 aromatic rings. The van der Waals surface area contributed by atoms with Gasteiger partial charge in [0.2, 0.25) is 11.8 Å². The van der Waals surface area contributed by atoms with Crippen molar-refractivity contribution in [1.82, 2.24) is 10.2 Å². The molecule has 1 aliphatic heterocycles. The minimum atomic E-state index is -0.177. The predicted octanol–water partition coefficient (Wildman–Crippen LogP) is 2.64. The van der Waals surface area contributed by atoms with E-state index in [4.69, 9.17) is 10.5 Å². The molecule has 3 rings (SSSR count). The molecule has 6 heteroatoms. The molecule has 0 aromatic carbocycles. The highest BCUT2D eigenvalue weighted by molar-refractivity contribution is 7.10. The maximum Gasteiger partial charge on any atom is 0.244 e. The Kier molecular flexibility index (Phi) is 3.20. The Morgan fingerprint density at radius 1 is 1.60 bits per heavy atom. The topological polar surface area (TPSA) is 87.7 Å². The molecule has 2 aromatic heterocycles. The number of allylic oxidation sites excluding steroid dienone is 1. The third-order valence-corrected chi connectivity index (χ3v) is 4.28. The maximum atomic E-state index is 9.42. The third kappa shape index (κ3) is 1.87. The number of H-pyrrole nitrogens is 1. The number of fused-ring (bicyclic) bond motifs is 1. The van der Waals surface area contributed by atoms with Crippen LogP contribution in [0.25, 0.3) is 0 Å². The van der Waals surface area contributed by atoms with Crippen molar-refractivity contribution in [2.24, 2.45) is 5.73 Å². The lowest BCUT2D eigenvalue weighted by atomic mass is 9.88. The summed E-state index contributed by atoms with van der Waals surface area (Å²) in [5.41, 5.74) is 8.29. The van der Waals surface area contributed by atoms with E-state index < -0.39 is 0 Å². The quantitative estimate of drug-likeness (QED) is 0.908. The van der Waals surface area contributed by atoms with Gasteiger partial charge in [-0.1, -0.05) is 19.4 Å². The molecule has 1 aliphatic rings. The minimum Gasteiger partial charge on any atom is -0.420 e. The molecule has 1 atom stereocenters. The van der Waals surface area contributed by atoms with Crippen LogP contribution >= 0.6 is 11.3 Å². The molecule has 0 saturated carbocycles. The third-order valence-electron chi connectivity index (χ3n) is 3.35. The number of hydrogen-bond acceptors (Lipinski definition) is 5. The van der Waals surface area contributed by atoms with E-state index in [0.717, 1.165) is 29.0 Å². The highest BCUT2D eigenvalue weighted by Crippen LogP contribution is 2.44. The second-order valence-corrected chi connectivity index (χ2v) is 5.59. The number of nitrogens with zero attached hydrogens (tertiary/aromatic N) is 2. The minimum absolute atomic E-state index is 0.146. The van der Waals surface area contributed by atoms with Gasteiger partial charge in [0, 0.05) is 10.6 Å². The van der Waals surface area contributed by atoms with Crippen LogP contribution in [0.4, 0.5) is 0 Å². The van der Waals surface area contributed by atoms with E-state index in [1.807, 2.05) is 17.5 Å². The van der Waals surface area contributed by atoms with E-state index in [1.54, 1.807) is 11.3 Å². The molecule has 0 saturated heterocycles. The average Bonchev–Trinajstić information content (AvgIpc) is 3.08. The number of nitrogens with two attached hydrogens (primary N) is 1. The molecular formula is C14H14N4OS. The first-order valence-corrected chi connectivity index (χ1v) is 7.32. The smallest absolute Gasteiger partial charge is 0.244 e. The number of thiophene rings is 1. The maximum absolute atomic E-state index is 9.42. The van der Waals surface area contributed by atoms with E-state index in [1.165, 1.54) is 0 Å². The van der Waals surface area contributed by atoms with Gasteiger partial charge in [-0.05, 0) is 17.9 Å². The van der Waals surface area contributed by atoms with Crippen molar-refractivity contribution in [3.05, 3.63) is 45.1 Å². The summed E-state index contributed by atoms with van der Waals surface area (Å²) in [4.78, 5) is 1.08. The summed E-state index contributed by atoms with van der Waals surface area (Å²) < 4.78 is 5.49. The fourth-order valence-electron chi connectivity index (χ4n) is 2.49. The van der Waals surface area contributed by atoms with Crippen LogP contribution < -0.4 is 10.5 Å². The van der Waals surface area contributed by atoms with Crippen molar-refractivity contribution in [2.75, 3.05) is 0 Å². The molecule has 102 valence electrons. The van der Waals surface area contributed by atoms with Crippen LogP contribution in [-0.4, -0.2) is 10.2 Å². The summed E-state index contributed by atoms with van der Waals surface area (Å²) in [7, 11) is 0. The van der Waals surface area contributed by atoms with Crippen LogP contribution in [0.15, 0.2) is 29.0 Å². The Labute approximate surface area is 120 Å². The van der Waals surface area contributed by atoms with Crippen molar-refractivity contribution in [3.8, 4) is 11.9 Å². The highest BCUT2D eigenvalue weighted by atomic mass is 32.1. The van der Waals surface area contributed by atoms with Crippen LogP contribution in [0.1, 0.15) is 35.4 Å². The second-order valence-electron chi connectivity index (χ2n) is 4.61. The van der Waals surface area contributed by atoms with Gasteiger partial charge in [-0.2, -0.15) is 5.26 Å². The Balaban J connectivity index is 2.19. The monoisotopic (exact) mass is 286 g/mol. The van der Waals surface area contributed by atoms with Gasteiger partial charge in [0.1, 0.15) is 11.6 Å². The van der Waals surface area contributed by atoms with Crippen LogP contribution in [0.2, 0.25) is 0 Å². The Morgan fingerprint density at radius 2 is 2.45 bits per heavy atom. The summed E-state index contributed by atoms with van der Waals surface area (Å²) in [5.74, 6) is 0.459. The number of ether oxygens (including phenoxy) is 1. The fraction of sp³-hybridized carbons (Fsp3) is 0.286. The number of hydrogen-bond donors (Lipinski definition) is 2. The zero-order chi connectivity index (χ0) is 14.1. The van der Waals surface area contributed by atoms with Crippen molar-refractivity contribution < 1.29 is 4.74 Å². The number of nitriles is 1. The first-order valence-electron chi connectivity index (χ1n) is 6.44. The van der Waals surface area contributed by atoms with Crippen molar-refractivity contribution in [3.63, 3.8) is 0 Å². The molecule has 0 radical (unpaired) electrons. The summed E-state index contributed by atoms with van der Waals surface area (Å²) in [5, 5.41) is 18.6. The van der Waals surface area contributed by atoms with Gasteiger partial charge in [0.15, 0.2) is 0 Å². The van der Waals surface area contributed by atoms with Gasteiger partial charge in [-0.15, -0.1) is 16.4 Å². The standard InChI is InChI=1S/C14H14N4OS/c1-2-4-9-12-11(10-5-3-6-20-10)8(7-15)13(16)19-14(12)18-17-9/h3,5-6,11H,2,4,16H2,1H3,(H,17,18)/t11-/m0/s1. The zero-order valence-corrected chi connectivity index (χ0v) is 11.8. The molecule has 3 N–H and O–H groups in total. The lowest BCUT2D eigenvalue weighted by Crippen LogP contribution is -2.20. The van der Waals surface area contributed by atoms with Gasteiger partial charge in [0.05, 0.1) is 11.5 Å². The molecule has 20 heavy (non-hydrogen) atoms. The van der Waals surface area contributed by atoms with Gasteiger partial charge >= 0.3 is 0 Å². The predicted molar refractivity (Wildman–Crippen MR) is 76.2 cm³/mol. The molecular weight excluding hydrogens is 272 g/mol. The number of rotatable bonds is 3. The molecule has 0 amide bonds. The first kappa shape index (κ1) is 12.8. The van der Waals surface area contributed by atoms with Gasteiger partial charge < -0.3 is 10.5 Å². The van der Waals surface area contributed by atoms with Gasteiger partial charge in [-0.3, -0.25) is 5.10 Å². The van der Waals surface area contributed by atoms with E-state index in [0.29, 0.717) is 11.5 Å². The highest BCUT2D eigenvalue weighted by Gasteiger charge is 2.35. The van der Waals surface area contributed by atoms with Crippen molar-refractivity contribution >= 4 is 11.3 Å². The molecule has 0 fully saturated rings. The van der Waals surface area contributed by atoms with E-state index in [2.05, 4.69) is 23.2 Å². The second kappa shape index (κ2) is 5.02. The van der Waals surface area contributed by atoms with E-state index in [9.17, 15) is 5.26 Å². The molecule has 0 spiro atoms. The lowest BCUT2D eigenvalue weighted by Gasteiger charge is -2.22. The van der Waals surface area contributed by atoms with Crippen LogP contribution in [0.5, 0.6) is 5.88 Å². The molecule has 3 heterocycles. The Hall–Kier alpha value is -2.26. The zero-order valence-electron chi connectivity index (χ0n) is 11.0. The fourth-order valence-corrected chi connectivity index (χ4v) is 3.33. The van der Waals surface area contributed by atoms with E-state index >= 15 is 0 Å². The summed E-state index contributed by atoms with van der Waals surface area (Å²) >= 11 is 1.61. The Bertz CT molecular complexity index is 693. The summed E-state index contributed by atoms with van der Waals surface area (Å²) in [6, 6.07) is 6.17. The van der Waals surface area contributed by atoms with Crippen LogP contribution in [0.3, 0.4) is 0 Å². The van der Waals surface area contributed by atoms with Crippen LogP contribution in [0, 0.1) is 11.3 Å². The van der Waals surface area contributed by atoms with Crippen molar-refractivity contribution in [2.45, 2.75) is 25.7 Å². The van der Waals surface area contributed by atoms with Crippen LogP contribution in [-0.2, 0) is 6.42 Å². The SMILES string of the molecule is CCCc1[nH]nc2c1[C@H](c1cccs1)C(C#N)=C(N)O2. The van der Waals surface area contributed by atoms with E-state index in [-0.39, 0.29) is 11.8 Å². The normalized spacial score (nSPS) is 17.5. The first-order chi connectivity index (χ1) is 9.76. The number of aryl methyl sites for hydroxylation is 1. The Morgan fingerprint density at radius 3 is 3.10 bits per heavy atom. The number of aromatic nitrogens is 2. The molecule has 0 bridgehead atoms.